The molecule has 0 saturated carbocycles. The predicted octanol–water partition coefficient (Wildman–Crippen LogP) is 4.24. The molecule has 1 aromatic rings. The van der Waals surface area contributed by atoms with Crippen molar-refractivity contribution in [3.63, 3.8) is 0 Å². The van der Waals surface area contributed by atoms with Crippen LogP contribution in [0, 0.1) is 11.3 Å². The van der Waals surface area contributed by atoms with E-state index in [1.165, 1.54) is 0 Å². The molecule has 0 fully saturated rings. The highest BCUT2D eigenvalue weighted by Crippen LogP contribution is 2.29. The zero-order valence-electron chi connectivity index (χ0n) is 27.5. The summed E-state index contributed by atoms with van der Waals surface area (Å²) in [6, 6.07) is 4.58. The van der Waals surface area contributed by atoms with Crippen LogP contribution in [0.3, 0.4) is 0 Å². The van der Waals surface area contributed by atoms with Gasteiger partial charge in [0.05, 0.1) is 0 Å². The minimum Gasteiger partial charge on any atom is -0.427 e. The highest BCUT2D eigenvalue weighted by Gasteiger charge is 2.37. The number of primary amides is 1. The summed E-state index contributed by atoms with van der Waals surface area (Å²) in [5.41, 5.74) is 4.60. The van der Waals surface area contributed by atoms with Crippen LogP contribution in [0.5, 0.6) is 5.75 Å². The summed E-state index contributed by atoms with van der Waals surface area (Å²) in [5, 5.41) is 8.65. The molecule has 0 aliphatic carbocycles. The summed E-state index contributed by atoms with van der Waals surface area (Å²) in [5.74, 6) is -1.59. The Morgan fingerprint density at radius 3 is 2.02 bits per heavy atom. The first-order valence-electron chi connectivity index (χ1n) is 15.2. The van der Waals surface area contributed by atoms with Gasteiger partial charge >= 0.3 is 8.60 Å². The Morgan fingerprint density at radius 2 is 1.53 bits per heavy atom. The van der Waals surface area contributed by atoms with Crippen molar-refractivity contribution < 1.29 is 33.5 Å². The molecule has 12 heteroatoms. The van der Waals surface area contributed by atoms with E-state index >= 15 is 0 Å². The van der Waals surface area contributed by atoms with Gasteiger partial charge in [0.25, 0.3) is 0 Å². The van der Waals surface area contributed by atoms with E-state index in [0.717, 1.165) is 12.8 Å². The van der Waals surface area contributed by atoms with Crippen LogP contribution in [0.2, 0.25) is 0 Å². The van der Waals surface area contributed by atoms with Gasteiger partial charge in [0.1, 0.15) is 17.8 Å². The fraction of sp³-hybridized carbons (Fsp3) is 0.677. The van der Waals surface area contributed by atoms with Gasteiger partial charge in [-0.3, -0.25) is 19.2 Å². The Labute approximate surface area is 259 Å². The summed E-state index contributed by atoms with van der Waals surface area (Å²) >= 11 is 0. The number of rotatable bonds is 18. The highest BCUT2D eigenvalue weighted by atomic mass is 31.2. The average molecular weight is 627 g/mol. The summed E-state index contributed by atoms with van der Waals surface area (Å²) in [4.78, 5) is 69.8. The number of carbonyl (C=O) groups is 4. The summed E-state index contributed by atoms with van der Waals surface area (Å²) < 4.78 is 4.90. The topological polar surface area (TPSA) is 180 Å². The van der Waals surface area contributed by atoms with Crippen molar-refractivity contribution in [1.82, 2.24) is 16.0 Å². The molecule has 7 N–H and O–H groups in total. The average Bonchev–Trinajstić information content (AvgIpc) is 2.91. The van der Waals surface area contributed by atoms with E-state index in [4.69, 9.17) is 20.0 Å². The number of amides is 4. The molecule has 0 saturated heterocycles. The predicted molar refractivity (Wildman–Crippen MR) is 171 cm³/mol. The molecule has 0 radical (unpaired) electrons. The van der Waals surface area contributed by atoms with Gasteiger partial charge in [-0.25, -0.2) is 0 Å². The van der Waals surface area contributed by atoms with Crippen LogP contribution in [-0.4, -0.2) is 51.0 Å². The van der Waals surface area contributed by atoms with Gasteiger partial charge in [0, 0.05) is 23.8 Å². The fourth-order valence-corrected chi connectivity index (χ4v) is 4.94. The Balaban J connectivity index is 0.00000862. The lowest BCUT2D eigenvalue weighted by Crippen LogP contribution is -2.59. The second kappa shape index (κ2) is 19.5. The van der Waals surface area contributed by atoms with E-state index in [1.54, 1.807) is 52.0 Å². The van der Waals surface area contributed by atoms with Crippen LogP contribution in [0.4, 0.5) is 0 Å². The van der Waals surface area contributed by atoms with Gasteiger partial charge in [-0.15, -0.1) is 0 Å². The Hall–Kier alpha value is -2.75. The second-order valence-electron chi connectivity index (χ2n) is 11.9. The maximum absolute atomic E-state index is 13.6. The first-order valence-corrected chi connectivity index (χ1v) is 16.3. The largest absolute Gasteiger partial charge is 0.427 e. The molecule has 0 bridgehead atoms. The SMILES string of the molecule is CC.CCCCCC(=O)NC(Cc1ccc(OP(O)O)cc1)C(=O)NC(C(=O)NC(C)(C)CC(C)(C)C(N)=O)C(C)CC. The number of carbonyl (C=O) groups excluding carboxylic acids is 4. The van der Waals surface area contributed by atoms with E-state index in [9.17, 15) is 19.2 Å². The fourth-order valence-electron chi connectivity index (χ4n) is 4.63. The number of benzene rings is 1. The van der Waals surface area contributed by atoms with Crippen LogP contribution >= 0.6 is 8.60 Å². The maximum Gasteiger partial charge on any atom is 0.391 e. The third-order valence-corrected chi connectivity index (χ3v) is 7.39. The van der Waals surface area contributed by atoms with Gasteiger partial charge in [-0.05, 0) is 50.3 Å². The van der Waals surface area contributed by atoms with Crippen molar-refractivity contribution in [2.75, 3.05) is 0 Å². The van der Waals surface area contributed by atoms with E-state index < -0.39 is 49.4 Å². The van der Waals surface area contributed by atoms with Crippen molar-refractivity contribution in [1.29, 1.82) is 0 Å². The van der Waals surface area contributed by atoms with Gasteiger partial charge < -0.3 is 36.0 Å². The first kappa shape index (κ1) is 40.2. The van der Waals surface area contributed by atoms with Crippen molar-refractivity contribution in [2.45, 2.75) is 125 Å². The first-order chi connectivity index (χ1) is 20.0. The smallest absolute Gasteiger partial charge is 0.391 e. The standard InChI is InChI=1S/C29H49N4O7P.C2H6/c1-8-10-11-12-23(34)31-22(17-20-13-15-21(16-14-20)40-41(38)39)25(35)32-24(19(3)9-2)26(36)33-29(6,7)18-28(4,5)27(30)37;1-2/h13-16,19,22,24,38-39H,8-12,17-18H2,1-7H3,(H2,30,37)(H,31,34)(H,32,35)(H,33,36);1-2H3. The minimum absolute atomic E-state index is 0.145. The molecule has 0 spiro atoms. The van der Waals surface area contributed by atoms with Crippen molar-refractivity contribution >= 4 is 32.2 Å². The van der Waals surface area contributed by atoms with Crippen molar-refractivity contribution in [3.05, 3.63) is 29.8 Å². The number of hydrogen-bond donors (Lipinski definition) is 6. The van der Waals surface area contributed by atoms with Crippen LogP contribution in [0.15, 0.2) is 24.3 Å². The van der Waals surface area contributed by atoms with E-state index in [2.05, 4.69) is 16.0 Å². The highest BCUT2D eigenvalue weighted by molar-refractivity contribution is 7.39. The van der Waals surface area contributed by atoms with Crippen LogP contribution < -0.4 is 26.2 Å². The zero-order chi connectivity index (χ0) is 33.4. The van der Waals surface area contributed by atoms with Gasteiger partial charge in [0.15, 0.2) is 0 Å². The minimum atomic E-state index is -2.56. The molecule has 0 aliphatic rings. The van der Waals surface area contributed by atoms with Crippen LogP contribution in [-0.2, 0) is 25.6 Å². The molecule has 3 unspecified atom stereocenters. The van der Waals surface area contributed by atoms with Crippen LogP contribution in [0.25, 0.3) is 0 Å². The molecule has 0 aromatic heterocycles. The number of hydrogen-bond acceptors (Lipinski definition) is 7. The molecule has 246 valence electrons. The number of nitrogens with two attached hydrogens (primary N) is 1. The van der Waals surface area contributed by atoms with Crippen molar-refractivity contribution in [3.8, 4) is 5.75 Å². The van der Waals surface area contributed by atoms with E-state index in [-0.39, 0.29) is 30.4 Å². The van der Waals surface area contributed by atoms with E-state index in [0.29, 0.717) is 24.8 Å². The molecule has 11 nitrogen and oxygen atoms in total. The van der Waals surface area contributed by atoms with Crippen molar-refractivity contribution in [2.24, 2.45) is 17.1 Å². The Morgan fingerprint density at radius 1 is 0.953 bits per heavy atom. The lowest BCUT2D eigenvalue weighted by Gasteiger charge is -2.36. The molecule has 3 atom stereocenters. The Bertz CT molecular complexity index is 1020. The maximum atomic E-state index is 13.6. The Kier molecular flexibility index (Phi) is 18.3. The lowest BCUT2D eigenvalue weighted by atomic mass is 9.79. The molecule has 1 aromatic carbocycles. The summed E-state index contributed by atoms with van der Waals surface area (Å²) in [6.07, 6.45) is 3.87. The molecule has 0 aliphatic heterocycles. The van der Waals surface area contributed by atoms with Crippen LogP contribution in [0.1, 0.15) is 106 Å². The second-order valence-corrected chi connectivity index (χ2v) is 12.6. The van der Waals surface area contributed by atoms with E-state index in [1.807, 2.05) is 34.6 Å². The third-order valence-electron chi connectivity index (χ3n) is 7.02. The monoisotopic (exact) mass is 626 g/mol. The summed E-state index contributed by atoms with van der Waals surface area (Å²) in [6.45, 7) is 16.9. The summed E-state index contributed by atoms with van der Waals surface area (Å²) in [7, 11) is -2.56. The number of nitrogens with one attached hydrogen (secondary N) is 3. The normalized spacial score (nSPS) is 13.6. The molecule has 0 heterocycles. The van der Waals surface area contributed by atoms with Gasteiger partial charge in [-0.1, -0.05) is 79.9 Å². The molecule has 1 rings (SSSR count). The van der Waals surface area contributed by atoms with Gasteiger partial charge in [0.2, 0.25) is 23.6 Å². The zero-order valence-corrected chi connectivity index (χ0v) is 28.3. The van der Waals surface area contributed by atoms with Gasteiger partial charge in [-0.2, -0.15) is 0 Å². The number of unbranched alkanes of at least 4 members (excludes halogenated alkanes) is 2. The quantitative estimate of drug-likeness (QED) is 0.104. The molecule has 4 amide bonds. The molecular formula is C31H55N4O7P. The molecule has 43 heavy (non-hydrogen) atoms. The molecular weight excluding hydrogens is 571 g/mol. The third kappa shape index (κ3) is 15.5. The lowest BCUT2D eigenvalue weighted by molar-refractivity contribution is -0.134.